The Bertz CT molecular complexity index is 796. The summed E-state index contributed by atoms with van der Waals surface area (Å²) >= 11 is 1.29. The molecule has 0 aromatic carbocycles. The van der Waals surface area contributed by atoms with Gasteiger partial charge in [0, 0.05) is 19.1 Å². The van der Waals surface area contributed by atoms with Crippen LogP contribution in [0.2, 0.25) is 0 Å². The number of nitrogens with zero attached hydrogens (tertiary/aromatic N) is 2. The fourth-order valence-electron chi connectivity index (χ4n) is 2.68. The van der Waals surface area contributed by atoms with Gasteiger partial charge in [-0.05, 0) is 31.2 Å². The lowest BCUT2D eigenvalue weighted by molar-refractivity contribution is 0.0855. The predicted octanol–water partition coefficient (Wildman–Crippen LogP) is 2.34. The van der Waals surface area contributed by atoms with Crippen molar-refractivity contribution in [3.8, 4) is 0 Å². The van der Waals surface area contributed by atoms with Crippen LogP contribution >= 0.6 is 11.3 Å². The van der Waals surface area contributed by atoms with E-state index in [4.69, 9.17) is 9.15 Å². The number of likely N-dealkylation sites (tertiary alicyclic amines) is 1. The maximum absolute atomic E-state index is 12.3. The summed E-state index contributed by atoms with van der Waals surface area (Å²) in [5, 5.41) is 7.17. The number of hydrogen-bond acceptors (Lipinski definition) is 7. The molecule has 2 aromatic heterocycles. The molecule has 3 rings (SSSR count). The Morgan fingerprint density at radius 1 is 1.33 bits per heavy atom. The van der Waals surface area contributed by atoms with Crippen LogP contribution in [0.4, 0.5) is 10.8 Å². The number of amides is 3. The number of nitrogens with one attached hydrogen (secondary N) is 2. The molecular formula is C17H20N4O5S. The number of aromatic nitrogens is 1. The molecule has 3 heterocycles. The van der Waals surface area contributed by atoms with Gasteiger partial charge in [0.2, 0.25) is 0 Å². The van der Waals surface area contributed by atoms with Gasteiger partial charge >= 0.3 is 12.1 Å². The number of anilines is 1. The second-order valence-electron chi connectivity index (χ2n) is 5.90. The molecule has 1 aliphatic heterocycles. The lowest BCUT2D eigenvalue weighted by Crippen LogP contribution is -2.46. The number of thiophene rings is 1. The van der Waals surface area contributed by atoms with E-state index >= 15 is 0 Å². The van der Waals surface area contributed by atoms with Crippen LogP contribution in [-0.2, 0) is 4.74 Å². The van der Waals surface area contributed by atoms with Crippen molar-refractivity contribution in [2.75, 3.05) is 25.0 Å². The molecule has 0 spiro atoms. The molecule has 2 N–H and O–H groups in total. The second kappa shape index (κ2) is 8.67. The molecule has 0 atom stereocenters. The van der Waals surface area contributed by atoms with Gasteiger partial charge in [0.25, 0.3) is 11.8 Å². The number of rotatable bonds is 5. The highest BCUT2D eigenvalue weighted by Gasteiger charge is 2.25. The molecule has 1 saturated heterocycles. The zero-order chi connectivity index (χ0) is 19.2. The maximum Gasteiger partial charge on any atom is 0.409 e. The molecule has 0 saturated carbocycles. The van der Waals surface area contributed by atoms with E-state index in [9.17, 15) is 14.4 Å². The van der Waals surface area contributed by atoms with Gasteiger partial charge in [0.05, 0.1) is 11.5 Å². The first-order valence-corrected chi connectivity index (χ1v) is 9.47. The second-order valence-corrected chi connectivity index (χ2v) is 6.85. The topological polar surface area (TPSA) is 114 Å². The summed E-state index contributed by atoms with van der Waals surface area (Å²) in [6.07, 6.45) is 2.13. The monoisotopic (exact) mass is 392 g/mol. The SMILES string of the molecule is CCOC(=O)N1CCC(NC(=O)c2coc(NC(=O)c3cccs3)n2)CC1. The van der Waals surface area contributed by atoms with Gasteiger partial charge in [0.15, 0.2) is 5.69 Å². The Hall–Kier alpha value is -2.88. The Balaban J connectivity index is 1.49. The van der Waals surface area contributed by atoms with Crippen LogP contribution in [0.5, 0.6) is 0 Å². The molecule has 27 heavy (non-hydrogen) atoms. The van der Waals surface area contributed by atoms with E-state index in [1.807, 2.05) is 0 Å². The van der Waals surface area contributed by atoms with Crippen molar-refractivity contribution in [3.05, 3.63) is 34.3 Å². The molecule has 3 amide bonds. The van der Waals surface area contributed by atoms with Gasteiger partial charge in [-0.3, -0.25) is 14.9 Å². The Kier molecular flexibility index (Phi) is 6.07. The Labute approximate surface area is 159 Å². The summed E-state index contributed by atoms with van der Waals surface area (Å²) in [6, 6.07) is 3.35. The third-order valence-electron chi connectivity index (χ3n) is 4.06. The number of hydrogen-bond donors (Lipinski definition) is 2. The third-order valence-corrected chi connectivity index (χ3v) is 4.93. The van der Waals surface area contributed by atoms with E-state index in [2.05, 4.69) is 15.6 Å². The minimum Gasteiger partial charge on any atom is -0.450 e. The van der Waals surface area contributed by atoms with Crippen molar-refractivity contribution in [2.24, 2.45) is 0 Å². The molecule has 0 aliphatic carbocycles. The lowest BCUT2D eigenvalue weighted by atomic mass is 10.1. The van der Waals surface area contributed by atoms with Crippen molar-refractivity contribution < 1.29 is 23.5 Å². The van der Waals surface area contributed by atoms with E-state index in [-0.39, 0.29) is 35.7 Å². The van der Waals surface area contributed by atoms with E-state index in [1.54, 1.807) is 29.3 Å². The van der Waals surface area contributed by atoms with Crippen LogP contribution in [-0.4, -0.2) is 53.5 Å². The van der Waals surface area contributed by atoms with Gasteiger partial charge in [-0.25, -0.2) is 4.79 Å². The third kappa shape index (κ3) is 4.85. The first-order chi connectivity index (χ1) is 13.1. The first kappa shape index (κ1) is 18.9. The molecule has 144 valence electrons. The Morgan fingerprint density at radius 3 is 2.78 bits per heavy atom. The summed E-state index contributed by atoms with van der Waals surface area (Å²) in [6.45, 7) is 3.14. The number of carbonyl (C=O) groups excluding carboxylic acids is 3. The fourth-order valence-corrected chi connectivity index (χ4v) is 3.30. The van der Waals surface area contributed by atoms with Crippen molar-refractivity contribution >= 4 is 35.3 Å². The summed E-state index contributed by atoms with van der Waals surface area (Å²) in [7, 11) is 0. The van der Waals surface area contributed by atoms with Crippen molar-refractivity contribution in [3.63, 3.8) is 0 Å². The summed E-state index contributed by atoms with van der Waals surface area (Å²) in [5.74, 6) is -0.727. The minimum absolute atomic E-state index is 0.0318. The Morgan fingerprint density at radius 2 is 2.11 bits per heavy atom. The van der Waals surface area contributed by atoms with Crippen LogP contribution in [0.25, 0.3) is 0 Å². The molecule has 9 nitrogen and oxygen atoms in total. The standard InChI is InChI=1S/C17H20N4O5S/c1-2-25-17(24)21-7-5-11(6-8-21)18-14(22)12-10-26-16(19-12)20-15(23)13-4-3-9-27-13/h3-4,9-11H,2,5-8H2,1H3,(H,18,22)(H,19,20,23). The normalized spacial score (nSPS) is 14.6. The molecule has 0 unspecified atom stereocenters. The van der Waals surface area contributed by atoms with Crippen LogP contribution in [0, 0.1) is 0 Å². The van der Waals surface area contributed by atoms with E-state index in [0.717, 1.165) is 0 Å². The number of piperidine rings is 1. The highest BCUT2D eigenvalue weighted by molar-refractivity contribution is 7.12. The molecule has 0 radical (unpaired) electrons. The van der Waals surface area contributed by atoms with Crippen LogP contribution in [0.1, 0.15) is 39.9 Å². The zero-order valence-electron chi connectivity index (χ0n) is 14.8. The van der Waals surface area contributed by atoms with E-state index in [1.165, 1.54) is 17.6 Å². The van der Waals surface area contributed by atoms with E-state index < -0.39 is 0 Å². The quantitative estimate of drug-likeness (QED) is 0.807. The molecule has 0 bridgehead atoms. The fraction of sp³-hybridized carbons (Fsp3) is 0.412. The predicted molar refractivity (Wildman–Crippen MR) is 97.9 cm³/mol. The summed E-state index contributed by atoms with van der Waals surface area (Å²) in [5.41, 5.74) is 0.0873. The van der Waals surface area contributed by atoms with Crippen molar-refractivity contribution in [1.29, 1.82) is 0 Å². The highest BCUT2D eigenvalue weighted by Crippen LogP contribution is 2.15. The van der Waals surface area contributed by atoms with Crippen molar-refractivity contribution in [2.45, 2.75) is 25.8 Å². The summed E-state index contributed by atoms with van der Waals surface area (Å²) in [4.78, 5) is 42.1. The smallest absolute Gasteiger partial charge is 0.409 e. The lowest BCUT2D eigenvalue weighted by Gasteiger charge is -2.31. The first-order valence-electron chi connectivity index (χ1n) is 8.59. The molecule has 1 fully saturated rings. The average molecular weight is 392 g/mol. The van der Waals surface area contributed by atoms with Crippen LogP contribution < -0.4 is 10.6 Å². The van der Waals surface area contributed by atoms with Crippen LogP contribution in [0.15, 0.2) is 28.2 Å². The van der Waals surface area contributed by atoms with Gasteiger partial charge in [-0.2, -0.15) is 4.98 Å². The van der Waals surface area contributed by atoms with Gasteiger partial charge in [-0.1, -0.05) is 6.07 Å². The molecule has 2 aromatic rings. The van der Waals surface area contributed by atoms with Crippen LogP contribution in [0.3, 0.4) is 0 Å². The minimum atomic E-state index is -0.384. The molecule has 1 aliphatic rings. The zero-order valence-corrected chi connectivity index (χ0v) is 15.6. The van der Waals surface area contributed by atoms with E-state index in [0.29, 0.717) is 37.4 Å². The van der Waals surface area contributed by atoms with Crippen molar-refractivity contribution in [1.82, 2.24) is 15.2 Å². The highest BCUT2D eigenvalue weighted by atomic mass is 32.1. The number of oxazole rings is 1. The largest absolute Gasteiger partial charge is 0.450 e. The molecular weight excluding hydrogens is 372 g/mol. The van der Waals surface area contributed by atoms with Gasteiger partial charge < -0.3 is 19.4 Å². The summed E-state index contributed by atoms with van der Waals surface area (Å²) < 4.78 is 10.1. The van der Waals surface area contributed by atoms with Gasteiger partial charge in [0.1, 0.15) is 6.26 Å². The number of ether oxygens (including phenoxy) is 1. The van der Waals surface area contributed by atoms with Gasteiger partial charge in [-0.15, -0.1) is 11.3 Å². The maximum atomic E-state index is 12.3. The number of carbonyl (C=O) groups is 3. The molecule has 10 heteroatoms. The average Bonchev–Trinajstić information content (AvgIpc) is 3.34.